The molecule has 2 N–H and O–H groups in total. The van der Waals surface area contributed by atoms with Crippen molar-refractivity contribution >= 4 is 15.9 Å². The Bertz CT molecular complexity index is 397. The lowest BCUT2D eigenvalue weighted by Gasteiger charge is -2.12. The van der Waals surface area contributed by atoms with E-state index in [1.165, 1.54) is 18.4 Å². The molecule has 0 saturated heterocycles. The van der Waals surface area contributed by atoms with E-state index >= 15 is 0 Å². The minimum atomic E-state index is -0.0549. The zero-order valence-electron chi connectivity index (χ0n) is 8.50. The van der Waals surface area contributed by atoms with Crippen molar-refractivity contribution in [1.82, 2.24) is 0 Å². The predicted octanol–water partition coefficient (Wildman–Crippen LogP) is 2.94. The SMILES string of the molecule is NC1(c2ccc(OC3CC3)c(Br)c2)CC1. The number of benzene rings is 1. The number of halogens is 1. The fraction of sp³-hybridized carbons (Fsp3) is 0.500. The summed E-state index contributed by atoms with van der Waals surface area (Å²) in [6.07, 6.45) is 5.02. The largest absolute Gasteiger partial charge is 0.489 e. The Hall–Kier alpha value is -0.540. The maximum absolute atomic E-state index is 6.14. The van der Waals surface area contributed by atoms with E-state index in [1.807, 2.05) is 6.07 Å². The zero-order valence-corrected chi connectivity index (χ0v) is 10.1. The Morgan fingerprint density at radius 2 is 2.07 bits per heavy atom. The summed E-state index contributed by atoms with van der Waals surface area (Å²) in [7, 11) is 0. The molecule has 0 aromatic heterocycles. The maximum Gasteiger partial charge on any atom is 0.133 e. The first kappa shape index (κ1) is 9.67. The van der Waals surface area contributed by atoms with Gasteiger partial charge in [-0.05, 0) is 59.3 Å². The van der Waals surface area contributed by atoms with Crippen LogP contribution in [0.5, 0.6) is 5.75 Å². The molecule has 2 aliphatic rings. The van der Waals surface area contributed by atoms with Crippen molar-refractivity contribution < 1.29 is 4.74 Å². The van der Waals surface area contributed by atoms with Crippen molar-refractivity contribution in [2.45, 2.75) is 37.3 Å². The Morgan fingerprint density at radius 3 is 2.60 bits per heavy atom. The summed E-state index contributed by atoms with van der Waals surface area (Å²) >= 11 is 3.54. The molecule has 0 bridgehead atoms. The predicted molar refractivity (Wildman–Crippen MR) is 62.9 cm³/mol. The second-order valence-corrected chi connectivity index (χ2v) is 5.47. The van der Waals surface area contributed by atoms with E-state index in [0.717, 1.165) is 23.1 Å². The summed E-state index contributed by atoms with van der Waals surface area (Å²) in [5.41, 5.74) is 7.30. The number of hydrogen-bond donors (Lipinski definition) is 1. The van der Waals surface area contributed by atoms with E-state index in [2.05, 4.69) is 28.1 Å². The van der Waals surface area contributed by atoms with Gasteiger partial charge in [-0.15, -0.1) is 0 Å². The van der Waals surface area contributed by atoms with Crippen molar-refractivity contribution in [3.63, 3.8) is 0 Å². The third kappa shape index (κ3) is 1.91. The maximum atomic E-state index is 6.14. The van der Waals surface area contributed by atoms with Gasteiger partial charge >= 0.3 is 0 Å². The van der Waals surface area contributed by atoms with Crippen molar-refractivity contribution in [3.8, 4) is 5.75 Å². The van der Waals surface area contributed by atoms with Crippen molar-refractivity contribution in [3.05, 3.63) is 28.2 Å². The van der Waals surface area contributed by atoms with Crippen LogP contribution in [-0.4, -0.2) is 6.10 Å². The molecular weight excluding hydrogens is 254 g/mol. The van der Waals surface area contributed by atoms with Gasteiger partial charge in [-0.2, -0.15) is 0 Å². The van der Waals surface area contributed by atoms with E-state index in [4.69, 9.17) is 10.5 Å². The molecule has 15 heavy (non-hydrogen) atoms. The van der Waals surface area contributed by atoms with E-state index in [-0.39, 0.29) is 5.54 Å². The van der Waals surface area contributed by atoms with Crippen LogP contribution in [0.2, 0.25) is 0 Å². The van der Waals surface area contributed by atoms with E-state index in [0.29, 0.717) is 6.10 Å². The molecule has 3 heteroatoms. The number of rotatable bonds is 3. The molecule has 0 aliphatic heterocycles. The molecule has 0 unspecified atom stereocenters. The van der Waals surface area contributed by atoms with Gasteiger partial charge < -0.3 is 10.5 Å². The summed E-state index contributed by atoms with van der Waals surface area (Å²) in [6, 6.07) is 6.23. The van der Waals surface area contributed by atoms with Gasteiger partial charge in [0.15, 0.2) is 0 Å². The van der Waals surface area contributed by atoms with E-state index < -0.39 is 0 Å². The molecule has 1 aromatic rings. The molecule has 0 atom stereocenters. The Kier molecular flexibility index (Phi) is 2.08. The summed E-state index contributed by atoms with van der Waals surface area (Å²) in [5, 5.41) is 0. The molecule has 1 aromatic carbocycles. The lowest BCUT2D eigenvalue weighted by atomic mass is 10.1. The molecule has 0 radical (unpaired) electrons. The van der Waals surface area contributed by atoms with Gasteiger partial charge in [0.25, 0.3) is 0 Å². The van der Waals surface area contributed by atoms with Crippen LogP contribution >= 0.6 is 15.9 Å². The normalized spacial score (nSPS) is 22.5. The minimum absolute atomic E-state index is 0.0549. The fourth-order valence-electron chi connectivity index (χ4n) is 1.69. The van der Waals surface area contributed by atoms with Gasteiger partial charge in [0.1, 0.15) is 5.75 Å². The Morgan fingerprint density at radius 1 is 1.33 bits per heavy atom. The second kappa shape index (κ2) is 3.22. The number of ether oxygens (including phenoxy) is 1. The standard InChI is InChI=1S/C12H14BrNO/c13-10-7-8(12(14)5-6-12)1-4-11(10)15-9-2-3-9/h1,4,7,9H,2-3,5-6,14H2. The average Bonchev–Trinajstić information content (AvgIpc) is 3.08. The summed E-state index contributed by atoms with van der Waals surface area (Å²) < 4.78 is 6.79. The van der Waals surface area contributed by atoms with Crippen LogP contribution in [0.4, 0.5) is 0 Å². The van der Waals surface area contributed by atoms with Gasteiger partial charge in [0.05, 0.1) is 10.6 Å². The monoisotopic (exact) mass is 267 g/mol. The summed E-state index contributed by atoms with van der Waals surface area (Å²) in [4.78, 5) is 0. The Labute approximate surface area is 97.9 Å². The van der Waals surface area contributed by atoms with Crippen molar-refractivity contribution in [1.29, 1.82) is 0 Å². The highest BCUT2D eigenvalue weighted by Crippen LogP contribution is 2.44. The lowest BCUT2D eigenvalue weighted by Crippen LogP contribution is -2.18. The van der Waals surface area contributed by atoms with Gasteiger partial charge in [-0.1, -0.05) is 6.07 Å². The molecular formula is C12H14BrNO. The molecule has 2 fully saturated rings. The molecule has 0 spiro atoms. The highest BCUT2D eigenvalue weighted by Gasteiger charge is 2.40. The van der Waals surface area contributed by atoms with E-state index in [9.17, 15) is 0 Å². The van der Waals surface area contributed by atoms with Crippen molar-refractivity contribution in [2.75, 3.05) is 0 Å². The van der Waals surface area contributed by atoms with E-state index in [1.54, 1.807) is 0 Å². The van der Waals surface area contributed by atoms with Crippen molar-refractivity contribution in [2.24, 2.45) is 5.73 Å². The number of nitrogens with two attached hydrogens (primary N) is 1. The molecule has 2 nitrogen and oxygen atoms in total. The smallest absolute Gasteiger partial charge is 0.133 e. The summed E-state index contributed by atoms with van der Waals surface area (Å²) in [5.74, 6) is 0.950. The quantitative estimate of drug-likeness (QED) is 0.914. The Balaban J connectivity index is 1.85. The molecule has 3 rings (SSSR count). The lowest BCUT2D eigenvalue weighted by molar-refractivity contribution is 0.301. The highest BCUT2D eigenvalue weighted by molar-refractivity contribution is 9.10. The van der Waals surface area contributed by atoms with Crippen LogP contribution in [-0.2, 0) is 5.54 Å². The highest BCUT2D eigenvalue weighted by atomic mass is 79.9. The zero-order chi connectivity index (χ0) is 10.5. The average molecular weight is 268 g/mol. The number of hydrogen-bond acceptors (Lipinski definition) is 2. The topological polar surface area (TPSA) is 35.2 Å². The van der Waals surface area contributed by atoms with Gasteiger partial charge in [0, 0.05) is 5.54 Å². The summed E-state index contributed by atoms with van der Waals surface area (Å²) in [6.45, 7) is 0. The van der Waals surface area contributed by atoms with Crippen LogP contribution in [0.15, 0.2) is 22.7 Å². The molecule has 0 heterocycles. The minimum Gasteiger partial charge on any atom is -0.489 e. The van der Waals surface area contributed by atoms with Gasteiger partial charge in [-0.3, -0.25) is 0 Å². The first-order valence-corrected chi connectivity index (χ1v) is 6.22. The van der Waals surface area contributed by atoms with Crippen LogP contribution in [0.25, 0.3) is 0 Å². The third-order valence-corrected chi connectivity index (χ3v) is 3.73. The molecule has 2 saturated carbocycles. The fourth-order valence-corrected chi connectivity index (χ4v) is 2.17. The third-order valence-electron chi connectivity index (χ3n) is 3.11. The molecule has 0 amide bonds. The molecule has 2 aliphatic carbocycles. The van der Waals surface area contributed by atoms with Crippen LogP contribution in [0, 0.1) is 0 Å². The van der Waals surface area contributed by atoms with Crippen LogP contribution in [0.1, 0.15) is 31.2 Å². The molecule has 80 valence electrons. The second-order valence-electron chi connectivity index (χ2n) is 4.62. The van der Waals surface area contributed by atoms with Gasteiger partial charge in [0.2, 0.25) is 0 Å². The van der Waals surface area contributed by atoms with Crippen LogP contribution in [0.3, 0.4) is 0 Å². The van der Waals surface area contributed by atoms with Gasteiger partial charge in [-0.25, -0.2) is 0 Å². The first-order valence-electron chi connectivity index (χ1n) is 5.43. The first-order chi connectivity index (χ1) is 7.17. The van der Waals surface area contributed by atoms with Crippen LogP contribution < -0.4 is 10.5 Å².